The predicted octanol–water partition coefficient (Wildman–Crippen LogP) is 2.78. The summed E-state index contributed by atoms with van der Waals surface area (Å²) < 4.78 is 1.44. The van der Waals surface area contributed by atoms with Gasteiger partial charge in [0.2, 0.25) is 0 Å². The average molecular weight is 410 g/mol. The van der Waals surface area contributed by atoms with E-state index in [0.29, 0.717) is 5.13 Å². The number of anilines is 2. The fraction of sp³-hybridized carbons (Fsp3) is 0.286. The molecule has 0 saturated carbocycles. The lowest BCUT2D eigenvalue weighted by Crippen LogP contribution is -2.40. The van der Waals surface area contributed by atoms with Crippen molar-refractivity contribution in [2.24, 2.45) is 5.73 Å². The van der Waals surface area contributed by atoms with Crippen LogP contribution in [0.1, 0.15) is 28.9 Å². The summed E-state index contributed by atoms with van der Waals surface area (Å²) >= 11 is 1.26. The van der Waals surface area contributed by atoms with Crippen molar-refractivity contribution in [2.45, 2.75) is 25.8 Å². The number of carbonyl (C=O) groups is 1. The van der Waals surface area contributed by atoms with Crippen LogP contribution >= 0.6 is 11.3 Å². The highest BCUT2D eigenvalue weighted by atomic mass is 32.1. The maximum atomic E-state index is 12.8. The van der Waals surface area contributed by atoms with E-state index in [-0.39, 0.29) is 23.2 Å². The van der Waals surface area contributed by atoms with E-state index >= 15 is 0 Å². The van der Waals surface area contributed by atoms with Gasteiger partial charge in [-0.3, -0.25) is 14.2 Å². The lowest BCUT2D eigenvalue weighted by Gasteiger charge is -2.33. The fourth-order valence-electron chi connectivity index (χ4n) is 3.40. The van der Waals surface area contributed by atoms with Crippen molar-refractivity contribution in [2.75, 3.05) is 23.3 Å². The summed E-state index contributed by atoms with van der Waals surface area (Å²) in [6.45, 7) is 3.59. The number of benzene rings is 1. The van der Waals surface area contributed by atoms with Gasteiger partial charge in [0.1, 0.15) is 5.69 Å². The van der Waals surface area contributed by atoms with Gasteiger partial charge in [0.05, 0.1) is 11.4 Å². The number of rotatable bonds is 4. The zero-order chi connectivity index (χ0) is 20.4. The van der Waals surface area contributed by atoms with Crippen molar-refractivity contribution >= 4 is 28.6 Å². The van der Waals surface area contributed by atoms with Crippen molar-refractivity contribution in [3.8, 4) is 5.13 Å². The maximum Gasteiger partial charge on any atom is 0.275 e. The molecule has 0 radical (unpaired) electrons. The van der Waals surface area contributed by atoms with Crippen LogP contribution in [0.5, 0.6) is 0 Å². The van der Waals surface area contributed by atoms with Crippen molar-refractivity contribution in [3.63, 3.8) is 0 Å². The zero-order valence-corrected chi connectivity index (χ0v) is 17.0. The number of amides is 1. The molecule has 0 atom stereocenters. The molecule has 1 saturated heterocycles. The van der Waals surface area contributed by atoms with Crippen LogP contribution in [0.4, 0.5) is 11.4 Å². The Bertz CT molecular complexity index is 1080. The topological polar surface area (TPSA) is 93.2 Å². The second kappa shape index (κ2) is 8.18. The van der Waals surface area contributed by atoms with Crippen LogP contribution in [0.3, 0.4) is 0 Å². The Morgan fingerprint density at radius 1 is 1.24 bits per heavy atom. The summed E-state index contributed by atoms with van der Waals surface area (Å²) in [5.74, 6) is -0.297. The second-order valence-corrected chi connectivity index (χ2v) is 8.06. The molecular formula is C21H23N5O2S. The molecule has 0 spiro atoms. The standard InChI is InChI=1S/C21H23N5O2S/c1-14-6-11-26(19(27)12-14)21-24-17(13-29-21)20(28)23-16-4-2-3-5-18(16)25-9-7-15(22)8-10-25/h2-6,11-13,15H,7-10,22H2,1H3,(H,23,28). The van der Waals surface area contributed by atoms with Gasteiger partial charge in [0, 0.05) is 36.8 Å². The van der Waals surface area contributed by atoms with E-state index in [4.69, 9.17) is 5.73 Å². The van der Waals surface area contributed by atoms with Crippen molar-refractivity contribution in [3.05, 3.63) is 69.6 Å². The molecule has 1 aromatic carbocycles. The molecule has 0 bridgehead atoms. The third kappa shape index (κ3) is 4.23. The number of pyridine rings is 1. The quantitative estimate of drug-likeness (QED) is 0.691. The minimum atomic E-state index is -0.297. The second-order valence-electron chi connectivity index (χ2n) is 7.22. The first kappa shape index (κ1) is 19.4. The van der Waals surface area contributed by atoms with Crippen molar-refractivity contribution < 1.29 is 4.79 Å². The normalized spacial score (nSPS) is 14.8. The van der Waals surface area contributed by atoms with E-state index in [0.717, 1.165) is 42.9 Å². The summed E-state index contributed by atoms with van der Waals surface area (Å²) in [6.07, 6.45) is 3.54. The summed E-state index contributed by atoms with van der Waals surface area (Å²) in [7, 11) is 0. The number of hydrogen-bond acceptors (Lipinski definition) is 6. The number of nitrogens with zero attached hydrogens (tertiary/aromatic N) is 3. The van der Waals surface area contributed by atoms with Gasteiger partial charge in [-0.1, -0.05) is 12.1 Å². The molecule has 2 aromatic heterocycles. The number of nitrogens with one attached hydrogen (secondary N) is 1. The minimum Gasteiger partial charge on any atom is -0.370 e. The first-order valence-electron chi connectivity index (χ1n) is 9.57. The zero-order valence-electron chi connectivity index (χ0n) is 16.2. The Kier molecular flexibility index (Phi) is 5.46. The highest BCUT2D eigenvalue weighted by Gasteiger charge is 2.20. The Morgan fingerprint density at radius 3 is 2.76 bits per heavy atom. The molecule has 0 aliphatic carbocycles. The van der Waals surface area contributed by atoms with Crippen LogP contribution in [0.25, 0.3) is 5.13 Å². The first-order chi connectivity index (χ1) is 14.0. The Hall–Kier alpha value is -2.97. The van der Waals surface area contributed by atoms with Crippen LogP contribution in [0, 0.1) is 6.92 Å². The van der Waals surface area contributed by atoms with Gasteiger partial charge in [0.25, 0.3) is 11.5 Å². The van der Waals surface area contributed by atoms with Gasteiger partial charge in [-0.15, -0.1) is 11.3 Å². The molecule has 150 valence electrons. The molecule has 29 heavy (non-hydrogen) atoms. The molecule has 8 heteroatoms. The predicted molar refractivity (Wildman–Crippen MR) is 116 cm³/mol. The van der Waals surface area contributed by atoms with E-state index in [1.165, 1.54) is 15.9 Å². The van der Waals surface area contributed by atoms with E-state index in [1.807, 2.05) is 37.3 Å². The van der Waals surface area contributed by atoms with Gasteiger partial charge in [-0.2, -0.15) is 0 Å². The maximum absolute atomic E-state index is 12.8. The van der Waals surface area contributed by atoms with Crippen LogP contribution in [-0.2, 0) is 0 Å². The largest absolute Gasteiger partial charge is 0.370 e. The van der Waals surface area contributed by atoms with Gasteiger partial charge in [0.15, 0.2) is 5.13 Å². The number of para-hydroxylation sites is 2. The lowest BCUT2D eigenvalue weighted by molar-refractivity contribution is 0.102. The summed E-state index contributed by atoms with van der Waals surface area (Å²) in [6, 6.07) is 11.4. The number of aromatic nitrogens is 2. The lowest BCUT2D eigenvalue weighted by atomic mass is 10.0. The van der Waals surface area contributed by atoms with Crippen LogP contribution in [0.2, 0.25) is 0 Å². The molecule has 1 amide bonds. The Morgan fingerprint density at radius 2 is 2.00 bits per heavy atom. The first-order valence-corrected chi connectivity index (χ1v) is 10.5. The average Bonchev–Trinajstić information content (AvgIpc) is 3.19. The number of carbonyl (C=O) groups excluding carboxylic acids is 1. The molecule has 3 N–H and O–H groups in total. The van der Waals surface area contributed by atoms with E-state index in [1.54, 1.807) is 17.6 Å². The van der Waals surface area contributed by atoms with Gasteiger partial charge in [-0.05, 0) is 43.5 Å². The monoisotopic (exact) mass is 409 g/mol. The number of hydrogen-bond donors (Lipinski definition) is 2. The van der Waals surface area contributed by atoms with Gasteiger partial charge in [-0.25, -0.2) is 4.98 Å². The molecule has 1 aliphatic heterocycles. The molecule has 4 rings (SSSR count). The van der Waals surface area contributed by atoms with Crippen molar-refractivity contribution in [1.82, 2.24) is 9.55 Å². The molecule has 3 heterocycles. The SMILES string of the molecule is Cc1ccn(-c2nc(C(=O)Nc3ccccc3N3CCC(N)CC3)cs2)c(=O)c1. The Labute approximate surface area is 172 Å². The number of thiazole rings is 1. The summed E-state index contributed by atoms with van der Waals surface area (Å²) in [5.41, 5.74) is 8.74. The van der Waals surface area contributed by atoms with E-state index < -0.39 is 0 Å². The van der Waals surface area contributed by atoms with Gasteiger partial charge < -0.3 is 16.0 Å². The van der Waals surface area contributed by atoms with Crippen LogP contribution in [-0.4, -0.2) is 34.6 Å². The van der Waals surface area contributed by atoms with Gasteiger partial charge >= 0.3 is 0 Å². The fourth-order valence-corrected chi connectivity index (χ4v) is 4.19. The summed E-state index contributed by atoms with van der Waals surface area (Å²) in [4.78, 5) is 31.6. The third-order valence-corrected chi connectivity index (χ3v) is 5.88. The molecular weight excluding hydrogens is 386 g/mol. The number of nitrogens with two attached hydrogens (primary N) is 1. The van der Waals surface area contributed by atoms with E-state index in [9.17, 15) is 9.59 Å². The Balaban J connectivity index is 1.54. The smallest absolute Gasteiger partial charge is 0.275 e. The third-order valence-electron chi connectivity index (χ3n) is 5.04. The molecule has 1 aliphatic rings. The molecule has 1 fully saturated rings. The molecule has 7 nitrogen and oxygen atoms in total. The van der Waals surface area contributed by atoms with Crippen LogP contribution in [0.15, 0.2) is 52.8 Å². The molecule has 0 unspecified atom stereocenters. The summed E-state index contributed by atoms with van der Waals surface area (Å²) in [5, 5.41) is 5.11. The van der Waals surface area contributed by atoms with E-state index in [2.05, 4.69) is 15.2 Å². The van der Waals surface area contributed by atoms with Crippen LogP contribution < -0.4 is 21.5 Å². The molecule has 3 aromatic rings. The number of aryl methyl sites for hydroxylation is 1. The number of piperidine rings is 1. The highest BCUT2D eigenvalue weighted by Crippen LogP contribution is 2.28. The highest BCUT2D eigenvalue weighted by molar-refractivity contribution is 7.12. The minimum absolute atomic E-state index is 0.167. The van der Waals surface area contributed by atoms with Crippen molar-refractivity contribution in [1.29, 1.82) is 0 Å².